The highest BCUT2D eigenvalue weighted by molar-refractivity contribution is 7.90. The average Bonchev–Trinajstić information content (AvgIpc) is 2.87. The maximum absolute atomic E-state index is 12.5. The maximum Gasteiger partial charge on any atom is 0.295 e. The number of hydrogen-bond donors (Lipinski definition) is 1. The molecule has 20 heavy (non-hydrogen) atoms. The summed E-state index contributed by atoms with van der Waals surface area (Å²) in [5.74, 6) is -0.836. The third-order valence-corrected chi connectivity index (χ3v) is 3.19. The molecule has 2 aromatic heterocycles. The summed E-state index contributed by atoms with van der Waals surface area (Å²) in [6, 6.07) is 4.10. The zero-order chi connectivity index (χ0) is 14.9. The second-order valence-corrected chi connectivity index (χ2v) is 4.97. The van der Waals surface area contributed by atoms with E-state index in [0.29, 0.717) is 0 Å². The molecule has 2 rings (SSSR count). The predicted molar refractivity (Wildman–Crippen MR) is 66.2 cm³/mol. The SMILES string of the molecule is C[S+]([O-])c1nc(N)nc(-c2ccc(C(F)F)o2)c1C#N. The van der Waals surface area contributed by atoms with Crippen LogP contribution in [0.2, 0.25) is 0 Å². The minimum absolute atomic E-state index is 0.0577. The number of nitrogen functional groups attached to an aromatic ring is 1. The van der Waals surface area contributed by atoms with Gasteiger partial charge in [-0.05, 0) is 12.1 Å². The monoisotopic (exact) mass is 298 g/mol. The van der Waals surface area contributed by atoms with E-state index in [1.54, 1.807) is 6.07 Å². The summed E-state index contributed by atoms with van der Waals surface area (Å²) < 4.78 is 41.5. The van der Waals surface area contributed by atoms with Crippen molar-refractivity contribution in [3.63, 3.8) is 0 Å². The Hall–Kier alpha value is -2.18. The van der Waals surface area contributed by atoms with Crippen molar-refractivity contribution in [1.29, 1.82) is 5.26 Å². The first-order chi connectivity index (χ1) is 9.43. The lowest BCUT2D eigenvalue weighted by Gasteiger charge is -2.08. The van der Waals surface area contributed by atoms with Gasteiger partial charge in [-0.1, -0.05) is 0 Å². The van der Waals surface area contributed by atoms with Gasteiger partial charge in [0, 0.05) is 11.2 Å². The molecule has 0 aromatic carbocycles. The highest BCUT2D eigenvalue weighted by Gasteiger charge is 2.24. The lowest BCUT2D eigenvalue weighted by atomic mass is 10.2. The Labute approximate surface area is 115 Å². The van der Waals surface area contributed by atoms with Gasteiger partial charge in [0.2, 0.25) is 5.95 Å². The number of rotatable bonds is 3. The number of nitrogens with zero attached hydrogens (tertiary/aromatic N) is 3. The molecule has 0 bridgehead atoms. The van der Waals surface area contributed by atoms with Crippen molar-refractivity contribution in [2.24, 2.45) is 0 Å². The molecule has 2 aromatic rings. The Morgan fingerprint density at radius 3 is 2.65 bits per heavy atom. The van der Waals surface area contributed by atoms with E-state index in [4.69, 9.17) is 15.4 Å². The molecule has 0 saturated carbocycles. The van der Waals surface area contributed by atoms with Crippen LogP contribution in [0.25, 0.3) is 11.5 Å². The molecule has 2 heterocycles. The zero-order valence-electron chi connectivity index (χ0n) is 10.1. The molecule has 0 aliphatic heterocycles. The van der Waals surface area contributed by atoms with Crippen LogP contribution in [-0.4, -0.2) is 20.8 Å². The summed E-state index contributed by atoms with van der Waals surface area (Å²) in [4.78, 5) is 7.53. The number of furan rings is 1. The van der Waals surface area contributed by atoms with Crippen LogP contribution >= 0.6 is 0 Å². The van der Waals surface area contributed by atoms with Gasteiger partial charge in [-0.2, -0.15) is 10.2 Å². The van der Waals surface area contributed by atoms with E-state index in [9.17, 15) is 13.3 Å². The third kappa shape index (κ3) is 2.56. The van der Waals surface area contributed by atoms with E-state index < -0.39 is 23.4 Å². The van der Waals surface area contributed by atoms with Crippen molar-refractivity contribution < 1.29 is 17.8 Å². The predicted octanol–water partition coefficient (Wildman–Crippen LogP) is 1.87. The molecule has 104 valence electrons. The maximum atomic E-state index is 12.5. The molecule has 2 N–H and O–H groups in total. The minimum Gasteiger partial charge on any atom is -0.610 e. The molecule has 1 atom stereocenters. The Morgan fingerprint density at radius 2 is 2.15 bits per heavy atom. The van der Waals surface area contributed by atoms with Crippen molar-refractivity contribution in [3.05, 3.63) is 23.5 Å². The molecule has 6 nitrogen and oxygen atoms in total. The number of nitriles is 1. The van der Waals surface area contributed by atoms with Crippen molar-refractivity contribution in [2.75, 3.05) is 12.0 Å². The number of halogens is 2. The Kier molecular flexibility index (Phi) is 3.87. The number of hydrogen-bond acceptors (Lipinski definition) is 6. The standard InChI is InChI=1S/C11H8F2N4O2S/c1-20(18)10-5(4-14)8(16-11(15)17-10)6-2-3-7(19-6)9(12)13/h2-3,9H,1H3,(H2,15,16,17). The van der Waals surface area contributed by atoms with Crippen LogP contribution in [0.3, 0.4) is 0 Å². The molecule has 0 spiro atoms. The van der Waals surface area contributed by atoms with Crippen LogP contribution in [-0.2, 0) is 11.2 Å². The lowest BCUT2D eigenvalue weighted by Crippen LogP contribution is -2.09. The Morgan fingerprint density at radius 1 is 1.45 bits per heavy atom. The molecule has 9 heteroatoms. The lowest BCUT2D eigenvalue weighted by molar-refractivity contribution is 0.122. The summed E-state index contributed by atoms with van der Waals surface area (Å²) in [5, 5.41) is 9.06. The van der Waals surface area contributed by atoms with Crippen molar-refractivity contribution >= 4 is 17.1 Å². The molecule has 0 radical (unpaired) electrons. The number of aromatic nitrogens is 2. The topological polar surface area (TPSA) is 112 Å². The van der Waals surface area contributed by atoms with Gasteiger partial charge in [-0.15, -0.1) is 0 Å². The van der Waals surface area contributed by atoms with Gasteiger partial charge in [0.1, 0.15) is 18.0 Å². The van der Waals surface area contributed by atoms with Crippen LogP contribution in [0, 0.1) is 11.3 Å². The van der Waals surface area contributed by atoms with Crippen molar-refractivity contribution in [1.82, 2.24) is 9.97 Å². The number of nitrogens with two attached hydrogens (primary N) is 1. The van der Waals surface area contributed by atoms with E-state index in [0.717, 1.165) is 6.07 Å². The van der Waals surface area contributed by atoms with Crippen LogP contribution in [0.1, 0.15) is 17.7 Å². The summed E-state index contributed by atoms with van der Waals surface area (Å²) in [5.41, 5.74) is 5.30. The van der Waals surface area contributed by atoms with Crippen LogP contribution in [0.5, 0.6) is 0 Å². The summed E-state index contributed by atoms with van der Waals surface area (Å²) >= 11 is -1.58. The zero-order valence-corrected chi connectivity index (χ0v) is 10.9. The molecule has 1 unspecified atom stereocenters. The van der Waals surface area contributed by atoms with Crippen molar-refractivity contribution in [3.8, 4) is 17.5 Å². The van der Waals surface area contributed by atoms with E-state index in [2.05, 4.69) is 9.97 Å². The fourth-order valence-electron chi connectivity index (χ4n) is 1.54. The molecule has 0 aliphatic rings. The first kappa shape index (κ1) is 14.2. The first-order valence-corrected chi connectivity index (χ1v) is 6.79. The molecule has 0 fully saturated rings. The van der Waals surface area contributed by atoms with Crippen LogP contribution in [0.4, 0.5) is 14.7 Å². The van der Waals surface area contributed by atoms with Gasteiger partial charge in [0.15, 0.2) is 17.1 Å². The quantitative estimate of drug-likeness (QED) is 0.683. The van der Waals surface area contributed by atoms with Crippen LogP contribution < -0.4 is 5.73 Å². The van der Waals surface area contributed by atoms with E-state index >= 15 is 0 Å². The van der Waals surface area contributed by atoms with Gasteiger partial charge in [-0.25, -0.2) is 13.8 Å². The van der Waals surface area contributed by atoms with Gasteiger partial charge < -0.3 is 14.7 Å². The summed E-state index contributed by atoms with van der Waals surface area (Å²) in [6.45, 7) is 0. The second kappa shape index (κ2) is 5.44. The highest BCUT2D eigenvalue weighted by atomic mass is 32.2. The number of anilines is 1. The van der Waals surface area contributed by atoms with E-state index in [1.165, 1.54) is 12.3 Å². The fraction of sp³-hybridized carbons (Fsp3) is 0.182. The van der Waals surface area contributed by atoms with Crippen molar-refractivity contribution in [2.45, 2.75) is 11.5 Å². The summed E-state index contributed by atoms with van der Waals surface area (Å²) in [7, 11) is 0. The van der Waals surface area contributed by atoms with Gasteiger partial charge in [0.05, 0.1) is 0 Å². The molecular formula is C11H8F2N4O2S. The molecule has 0 aliphatic carbocycles. The molecule has 0 saturated heterocycles. The minimum atomic E-state index is -2.78. The smallest absolute Gasteiger partial charge is 0.295 e. The largest absolute Gasteiger partial charge is 0.610 e. The molecular weight excluding hydrogens is 290 g/mol. The summed E-state index contributed by atoms with van der Waals surface area (Å²) in [6.07, 6.45) is -1.47. The fourth-order valence-corrected chi connectivity index (χ4v) is 2.19. The third-order valence-electron chi connectivity index (χ3n) is 2.35. The Bertz CT molecular complexity index is 682. The molecule has 0 amide bonds. The highest BCUT2D eigenvalue weighted by Crippen LogP contribution is 2.30. The van der Waals surface area contributed by atoms with Gasteiger partial charge in [0.25, 0.3) is 11.5 Å². The normalized spacial score (nSPS) is 12.4. The first-order valence-electron chi connectivity index (χ1n) is 5.23. The van der Waals surface area contributed by atoms with Crippen LogP contribution in [0.15, 0.2) is 21.6 Å². The van der Waals surface area contributed by atoms with E-state index in [1.807, 2.05) is 0 Å². The Balaban J connectivity index is 2.63. The van der Waals surface area contributed by atoms with Gasteiger partial charge in [-0.3, -0.25) is 0 Å². The van der Waals surface area contributed by atoms with E-state index in [-0.39, 0.29) is 28.0 Å². The number of alkyl halides is 2. The average molecular weight is 298 g/mol. The second-order valence-electron chi connectivity index (χ2n) is 3.68. The van der Waals surface area contributed by atoms with Gasteiger partial charge >= 0.3 is 0 Å².